The number of likely N-dealkylation sites (tertiary alicyclic amines) is 1. The number of rotatable bonds is 9. The number of hydrogen-bond donors (Lipinski definition) is 1. The quantitative estimate of drug-likeness (QED) is 0.282. The van der Waals surface area contributed by atoms with Crippen molar-refractivity contribution in [3.05, 3.63) is 71.6 Å². The number of carbonyl (C=O) groups is 1. The zero-order valence-electron chi connectivity index (χ0n) is 18.7. The first-order valence-electron chi connectivity index (χ1n) is 11.2. The van der Waals surface area contributed by atoms with Crippen molar-refractivity contribution in [1.82, 2.24) is 15.0 Å². The van der Waals surface area contributed by atoms with Gasteiger partial charge in [0.15, 0.2) is 0 Å². The summed E-state index contributed by atoms with van der Waals surface area (Å²) in [5.74, 6) is 0.923. The molecule has 8 heteroatoms. The van der Waals surface area contributed by atoms with Crippen LogP contribution in [0.3, 0.4) is 0 Å². The number of aromatic nitrogens is 2. The van der Waals surface area contributed by atoms with Gasteiger partial charge in [0, 0.05) is 18.7 Å². The molecule has 1 saturated heterocycles. The van der Waals surface area contributed by atoms with Gasteiger partial charge in [0.2, 0.25) is 11.7 Å². The summed E-state index contributed by atoms with van der Waals surface area (Å²) in [7, 11) is 0. The largest absolute Gasteiger partial charge is 0.465 e. The van der Waals surface area contributed by atoms with Crippen molar-refractivity contribution in [2.75, 3.05) is 19.7 Å². The van der Waals surface area contributed by atoms with E-state index in [1.165, 1.54) is 10.5 Å². The van der Waals surface area contributed by atoms with Crippen LogP contribution in [0.25, 0.3) is 11.4 Å². The van der Waals surface area contributed by atoms with Crippen molar-refractivity contribution in [1.29, 1.82) is 0 Å². The molecule has 0 spiro atoms. The van der Waals surface area contributed by atoms with Crippen LogP contribution in [0, 0.1) is 0 Å². The Morgan fingerprint density at radius 1 is 1.18 bits per heavy atom. The number of oxime groups is 1. The van der Waals surface area contributed by atoms with Crippen molar-refractivity contribution in [3.63, 3.8) is 0 Å². The zero-order chi connectivity index (χ0) is 23.0. The first-order valence-corrected chi connectivity index (χ1v) is 11.2. The highest BCUT2D eigenvalue weighted by Crippen LogP contribution is 2.28. The molecule has 1 amide bonds. The number of unbranched alkanes of at least 4 members (excludes halogenated alkanes) is 1. The number of benzene rings is 2. The molecule has 0 unspecified atom stereocenters. The zero-order valence-corrected chi connectivity index (χ0v) is 18.7. The third-order valence-electron chi connectivity index (χ3n) is 5.81. The lowest BCUT2D eigenvalue weighted by atomic mass is 10.1. The third-order valence-corrected chi connectivity index (χ3v) is 5.81. The Hall–Kier alpha value is -3.68. The van der Waals surface area contributed by atoms with E-state index in [4.69, 9.17) is 14.5 Å². The molecule has 0 saturated carbocycles. The third kappa shape index (κ3) is 5.97. The summed E-state index contributed by atoms with van der Waals surface area (Å²) in [6.07, 6.45) is 2.84. The van der Waals surface area contributed by atoms with E-state index in [1.54, 1.807) is 0 Å². The van der Waals surface area contributed by atoms with Crippen molar-refractivity contribution < 1.29 is 19.3 Å². The van der Waals surface area contributed by atoms with Crippen LogP contribution in [-0.4, -0.2) is 51.6 Å². The molecule has 1 aliphatic rings. The normalized spacial score (nSPS) is 16.2. The van der Waals surface area contributed by atoms with Crippen LogP contribution in [0.1, 0.15) is 49.1 Å². The van der Waals surface area contributed by atoms with Gasteiger partial charge in [0.25, 0.3) is 0 Å². The lowest BCUT2D eigenvalue weighted by Gasteiger charge is -2.09. The smallest absolute Gasteiger partial charge is 0.407 e. The van der Waals surface area contributed by atoms with E-state index >= 15 is 0 Å². The summed E-state index contributed by atoms with van der Waals surface area (Å²) < 4.78 is 5.40. The van der Waals surface area contributed by atoms with Crippen molar-refractivity contribution in [2.24, 2.45) is 5.16 Å². The maximum absolute atomic E-state index is 11.1. The minimum atomic E-state index is -0.916. The standard InChI is InChI=1S/C25H28N4O4/c1-18(27-32-16-6-5-9-19-7-3-2-4-8-19)20-10-12-21(13-11-20)23-26-24(33-28-23)22-14-15-29(17-22)25(30)31/h2-4,7-8,10-13,22H,5-6,9,14-17H2,1H3,(H,30,31)/b27-18+/t22-/m1/s1. The summed E-state index contributed by atoms with van der Waals surface area (Å²) in [5.41, 5.74) is 3.94. The number of amides is 1. The second kappa shape index (κ2) is 10.8. The molecule has 33 heavy (non-hydrogen) atoms. The molecule has 0 radical (unpaired) electrons. The van der Waals surface area contributed by atoms with Crippen LogP contribution in [0.4, 0.5) is 4.79 Å². The van der Waals surface area contributed by atoms with E-state index in [2.05, 4.69) is 39.6 Å². The van der Waals surface area contributed by atoms with Crippen molar-refractivity contribution >= 4 is 11.8 Å². The number of carboxylic acid groups (broad SMARTS) is 1. The van der Waals surface area contributed by atoms with Gasteiger partial charge in [-0.15, -0.1) is 0 Å². The maximum Gasteiger partial charge on any atom is 0.407 e. The summed E-state index contributed by atoms with van der Waals surface area (Å²) in [4.78, 5) is 22.4. The highest BCUT2D eigenvalue weighted by Gasteiger charge is 2.31. The van der Waals surface area contributed by atoms with E-state index in [9.17, 15) is 4.79 Å². The first-order chi connectivity index (χ1) is 16.1. The topological polar surface area (TPSA) is 101 Å². The fourth-order valence-electron chi connectivity index (χ4n) is 3.85. The molecule has 2 heterocycles. The van der Waals surface area contributed by atoms with E-state index in [0.29, 0.717) is 37.8 Å². The molecule has 0 aliphatic carbocycles. The molecular formula is C25H28N4O4. The van der Waals surface area contributed by atoms with Crippen molar-refractivity contribution in [2.45, 2.75) is 38.5 Å². The Morgan fingerprint density at radius 2 is 1.97 bits per heavy atom. The molecule has 4 rings (SSSR count). The minimum Gasteiger partial charge on any atom is -0.465 e. The predicted molar refractivity (Wildman–Crippen MR) is 124 cm³/mol. The van der Waals surface area contributed by atoms with E-state index in [-0.39, 0.29) is 5.92 Å². The Bertz CT molecular complexity index is 1080. The average Bonchev–Trinajstić information content (AvgIpc) is 3.52. The van der Waals surface area contributed by atoms with Gasteiger partial charge in [-0.1, -0.05) is 64.9 Å². The van der Waals surface area contributed by atoms with Crippen LogP contribution >= 0.6 is 0 Å². The van der Waals surface area contributed by atoms with Crippen LogP contribution in [0.5, 0.6) is 0 Å². The number of aryl methyl sites for hydroxylation is 1. The molecule has 0 bridgehead atoms. The second-order valence-corrected chi connectivity index (χ2v) is 8.20. The molecular weight excluding hydrogens is 420 g/mol. The second-order valence-electron chi connectivity index (χ2n) is 8.20. The highest BCUT2D eigenvalue weighted by molar-refractivity contribution is 5.98. The van der Waals surface area contributed by atoms with Gasteiger partial charge in [0.1, 0.15) is 6.61 Å². The van der Waals surface area contributed by atoms with Gasteiger partial charge in [-0.3, -0.25) is 0 Å². The average molecular weight is 449 g/mol. The van der Waals surface area contributed by atoms with Crippen LogP contribution < -0.4 is 0 Å². The fourth-order valence-corrected chi connectivity index (χ4v) is 3.85. The predicted octanol–water partition coefficient (Wildman–Crippen LogP) is 4.97. The molecule has 8 nitrogen and oxygen atoms in total. The summed E-state index contributed by atoms with van der Waals surface area (Å²) in [6.45, 7) is 3.38. The van der Waals surface area contributed by atoms with Crippen molar-refractivity contribution in [3.8, 4) is 11.4 Å². The molecule has 2 aromatic carbocycles. The van der Waals surface area contributed by atoms with E-state index in [1.807, 2.05) is 37.3 Å². The summed E-state index contributed by atoms with van der Waals surface area (Å²) >= 11 is 0. The molecule has 1 aromatic heterocycles. The van der Waals surface area contributed by atoms with E-state index < -0.39 is 6.09 Å². The monoisotopic (exact) mass is 448 g/mol. The summed E-state index contributed by atoms with van der Waals surface area (Å²) in [6, 6.07) is 18.2. The molecule has 172 valence electrons. The molecule has 1 fully saturated rings. The SMILES string of the molecule is C/C(=N\OCCCCc1ccccc1)c1ccc(-c2noc([C@@H]3CCN(C(=O)O)C3)n2)cc1. The fraction of sp³-hybridized carbons (Fsp3) is 0.360. The van der Waals surface area contributed by atoms with Gasteiger partial charge in [0.05, 0.1) is 11.6 Å². The Morgan fingerprint density at radius 3 is 2.70 bits per heavy atom. The Labute approximate surface area is 192 Å². The molecule has 1 N–H and O–H groups in total. The molecule has 3 aromatic rings. The van der Waals surface area contributed by atoms with Gasteiger partial charge in [-0.05, 0) is 43.7 Å². The van der Waals surface area contributed by atoms with Gasteiger partial charge in [-0.2, -0.15) is 4.98 Å². The lowest BCUT2D eigenvalue weighted by Crippen LogP contribution is -2.26. The molecule has 1 aliphatic heterocycles. The van der Waals surface area contributed by atoms with Crippen LogP contribution in [0.15, 0.2) is 64.3 Å². The number of nitrogens with zero attached hydrogens (tertiary/aromatic N) is 4. The maximum atomic E-state index is 11.1. The van der Waals surface area contributed by atoms with Crippen LogP contribution in [0.2, 0.25) is 0 Å². The van der Waals surface area contributed by atoms with Gasteiger partial charge >= 0.3 is 6.09 Å². The first kappa shape index (κ1) is 22.5. The summed E-state index contributed by atoms with van der Waals surface area (Å²) in [5, 5.41) is 17.4. The molecule has 1 atom stereocenters. The Balaban J connectivity index is 1.25. The van der Waals surface area contributed by atoms with E-state index in [0.717, 1.165) is 36.1 Å². The Kier molecular flexibility index (Phi) is 7.34. The highest BCUT2D eigenvalue weighted by atomic mass is 16.6. The van der Waals surface area contributed by atoms with Gasteiger partial charge < -0.3 is 19.4 Å². The van der Waals surface area contributed by atoms with Gasteiger partial charge in [-0.25, -0.2) is 4.79 Å². The lowest BCUT2D eigenvalue weighted by molar-refractivity contribution is 0.140. The number of hydrogen-bond acceptors (Lipinski definition) is 6. The van der Waals surface area contributed by atoms with Crippen LogP contribution in [-0.2, 0) is 11.3 Å². The minimum absolute atomic E-state index is 0.0548.